The molecule has 148 valence electrons. The topological polar surface area (TPSA) is 34.6 Å². The van der Waals surface area contributed by atoms with Gasteiger partial charge in [-0.3, -0.25) is 0 Å². The molecule has 0 bridgehead atoms. The molecule has 0 aliphatic heterocycles. The molecule has 2 rings (SSSR count). The predicted octanol–water partition coefficient (Wildman–Crippen LogP) is 5.73. The molecule has 1 aromatic carbocycles. The molecule has 0 radical (unpaired) electrons. The van der Waals surface area contributed by atoms with Crippen molar-refractivity contribution in [3.8, 4) is 22.6 Å². The molecule has 0 saturated heterocycles. The van der Waals surface area contributed by atoms with Crippen LogP contribution in [0.25, 0.3) is 11.1 Å². The lowest BCUT2D eigenvalue weighted by Crippen LogP contribution is -2.27. The molecular weight excluding hydrogens is 336 g/mol. The molecule has 0 spiro atoms. The number of aromatic nitrogens is 1. The quantitative estimate of drug-likeness (QED) is 0.535. The molecule has 0 fully saturated rings. The zero-order valence-corrected chi connectivity index (χ0v) is 17.7. The van der Waals surface area contributed by atoms with Crippen LogP contribution in [0.15, 0.2) is 30.5 Å². The van der Waals surface area contributed by atoms with E-state index >= 15 is 0 Å². The molecule has 0 aliphatic carbocycles. The summed E-state index contributed by atoms with van der Waals surface area (Å²) in [6, 6.07) is 8.36. The Morgan fingerprint density at radius 3 is 2.41 bits per heavy atom. The van der Waals surface area contributed by atoms with Crippen molar-refractivity contribution in [2.24, 2.45) is 5.92 Å². The van der Waals surface area contributed by atoms with Crippen molar-refractivity contribution in [1.82, 2.24) is 4.98 Å². The summed E-state index contributed by atoms with van der Waals surface area (Å²) in [7, 11) is 3.35. The number of unbranched alkanes of at least 4 members (excludes halogenated alkanes) is 1. The normalized spacial score (nSPS) is 10.9. The molecule has 0 amide bonds. The maximum atomic E-state index is 5.61. The minimum Gasteiger partial charge on any atom is -0.493 e. The zero-order chi connectivity index (χ0) is 19.8. The number of nitrogens with zero attached hydrogens (tertiary/aromatic N) is 2. The number of anilines is 1. The van der Waals surface area contributed by atoms with Crippen LogP contribution in [0, 0.1) is 12.8 Å². The number of ether oxygens (including phenoxy) is 2. The molecular formula is C23H34N2O2. The molecule has 0 unspecified atom stereocenters. The number of hydrogen-bond acceptors (Lipinski definition) is 4. The summed E-state index contributed by atoms with van der Waals surface area (Å²) in [6.45, 7) is 10.9. The highest BCUT2D eigenvalue weighted by Gasteiger charge is 2.14. The number of aryl methyl sites for hydroxylation is 1. The van der Waals surface area contributed by atoms with Crippen molar-refractivity contribution in [1.29, 1.82) is 0 Å². The Hall–Kier alpha value is -2.23. The lowest BCUT2D eigenvalue weighted by atomic mass is 10.0. The van der Waals surface area contributed by atoms with Crippen LogP contribution in [0.2, 0.25) is 0 Å². The lowest BCUT2D eigenvalue weighted by molar-refractivity contribution is 0.356. The van der Waals surface area contributed by atoms with Crippen LogP contribution >= 0.6 is 0 Å². The predicted molar refractivity (Wildman–Crippen MR) is 114 cm³/mol. The van der Waals surface area contributed by atoms with Crippen molar-refractivity contribution in [3.63, 3.8) is 0 Å². The number of pyridine rings is 1. The van der Waals surface area contributed by atoms with E-state index in [-0.39, 0.29) is 0 Å². The number of hydrogen-bond donors (Lipinski definition) is 0. The van der Waals surface area contributed by atoms with Crippen molar-refractivity contribution < 1.29 is 9.47 Å². The summed E-state index contributed by atoms with van der Waals surface area (Å²) in [4.78, 5) is 7.18. The third-order valence-electron chi connectivity index (χ3n) is 4.76. The molecule has 4 nitrogen and oxygen atoms in total. The van der Waals surface area contributed by atoms with Crippen LogP contribution in [0.1, 0.15) is 45.6 Å². The monoisotopic (exact) mass is 370 g/mol. The van der Waals surface area contributed by atoms with Gasteiger partial charge in [-0.05, 0) is 55.5 Å². The van der Waals surface area contributed by atoms with Gasteiger partial charge in [0.05, 0.1) is 14.2 Å². The molecule has 0 N–H and O–H groups in total. The van der Waals surface area contributed by atoms with Crippen LogP contribution in [0.4, 0.5) is 5.82 Å². The van der Waals surface area contributed by atoms with Gasteiger partial charge in [0.2, 0.25) is 0 Å². The first-order valence-corrected chi connectivity index (χ1v) is 9.94. The summed E-state index contributed by atoms with van der Waals surface area (Å²) in [5, 5.41) is 0. The van der Waals surface area contributed by atoms with E-state index in [9.17, 15) is 0 Å². The minimum atomic E-state index is 0.692. The van der Waals surface area contributed by atoms with E-state index in [0.29, 0.717) is 5.92 Å². The van der Waals surface area contributed by atoms with Gasteiger partial charge in [0, 0.05) is 30.4 Å². The second-order valence-corrected chi connectivity index (χ2v) is 7.48. The fraction of sp³-hybridized carbons (Fsp3) is 0.522. The second kappa shape index (κ2) is 10.2. The Labute approximate surface area is 164 Å². The van der Waals surface area contributed by atoms with Crippen molar-refractivity contribution >= 4 is 5.82 Å². The highest BCUT2D eigenvalue weighted by atomic mass is 16.5. The van der Waals surface area contributed by atoms with Crippen LogP contribution in [-0.2, 0) is 0 Å². The van der Waals surface area contributed by atoms with Gasteiger partial charge in [-0.15, -0.1) is 0 Å². The van der Waals surface area contributed by atoms with Crippen molar-refractivity contribution in [3.05, 3.63) is 36.0 Å². The maximum Gasteiger partial charge on any atom is 0.168 e. The van der Waals surface area contributed by atoms with Gasteiger partial charge in [0.1, 0.15) is 5.82 Å². The third kappa shape index (κ3) is 5.62. The Morgan fingerprint density at radius 1 is 1.07 bits per heavy atom. The Bertz CT molecular complexity index is 711. The molecule has 0 atom stereocenters. The summed E-state index contributed by atoms with van der Waals surface area (Å²) in [6.07, 6.45) is 5.50. The number of benzene rings is 1. The Morgan fingerprint density at radius 2 is 1.85 bits per heavy atom. The Kier molecular flexibility index (Phi) is 7.96. The molecule has 1 heterocycles. The van der Waals surface area contributed by atoms with E-state index in [2.05, 4.69) is 50.8 Å². The molecule has 27 heavy (non-hydrogen) atoms. The van der Waals surface area contributed by atoms with Crippen LogP contribution < -0.4 is 14.4 Å². The summed E-state index contributed by atoms with van der Waals surface area (Å²) in [5.74, 6) is 3.24. The minimum absolute atomic E-state index is 0.692. The lowest BCUT2D eigenvalue weighted by Gasteiger charge is -2.25. The SMILES string of the molecule is CCCCN(CCC(C)C)c1ccc(-c2cc(C)cc(OC)c2OC)cn1. The van der Waals surface area contributed by atoms with Gasteiger partial charge in [0.25, 0.3) is 0 Å². The number of methoxy groups -OCH3 is 2. The zero-order valence-electron chi connectivity index (χ0n) is 17.7. The third-order valence-corrected chi connectivity index (χ3v) is 4.76. The Balaban J connectivity index is 2.31. The summed E-state index contributed by atoms with van der Waals surface area (Å²) in [5.41, 5.74) is 3.18. The first-order chi connectivity index (χ1) is 13.0. The first kappa shape index (κ1) is 21.1. The van der Waals surface area contributed by atoms with E-state index in [0.717, 1.165) is 47.1 Å². The van der Waals surface area contributed by atoms with Gasteiger partial charge in [-0.2, -0.15) is 0 Å². The smallest absolute Gasteiger partial charge is 0.168 e. The first-order valence-electron chi connectivity index (χ1n) is 9.94. The summed E-state index contributed by atoms with van der Waals surface area (Å²) >= 11 is 0. The van der Waals surface area contributed by atoms with Gasteiger partial charge in [-0.25, -0.2) is 4.98 Å². The average molecular weight is 371 g/mol. The second-order valence-electron chi connectivity index (χ2n) is 7.48. The van der Waals surface area contributed by atoms with Gasteiger partial charge in [0.15, 0.2) is 11.5 Å². The fourth-order valence-electron chi connectivity index (χ4n) is 3.15. The van der Waals surface area contributed by atoms with Crippen LogP contribution in [0.3, 0.4) is 0 Å². The largest absolute Gasteiger partial charge is 0.493 e. The van der Waals surface area contributed by atoms with E-state index in [1.165, 1.54) is 19.3 Å². The number of rotatable bonds is 10. The fourth-order valence-corrected chi connectivity index (χ4v) is 3.15. The van der Waals surface area contributed by atoms with E-state index in [4.69, 9.17) is 14.5 Å². The van der Waals surface area contributed by atoms with Gasteiger partial charge < -0.3 is 14.4 Å². The van der Waals surface area contributed by atoms with Crippen LogP contribution in [0.5, 0.6) is 11.5 Å². The van der Waals surface area contributed by atoms with Crippen molar-refractivity contribution in [2.45, 2.75) is 47.0 Å². The van der Waals surface area contributed by atoms with Gasteiger partial charge in [-0.1, -0.05) is 27.2 Å². The van der Waals surface area contributed by atoms with E-state index < -0.39 is 0 Å². The average Bonchev–Trinajstić information content (AvgIpc) is 2.67. The molecule has 2 aromatic rings. The van der Waals surface area contributed by atoms with Crippen LogP contribution in [-0.4, -0.2) is 32.3 Å². The summed E-state index contributed by atoms with van der Waals surface area (Å²) < 4.78 is 11.1. The highest BCUT2D eigenvalue weighted by Crippen LogP contribution is 2.39. The maximum absolute atomic E-state index is 5.61. The highest BCUT2D eigenvalue weighted by molar-refractivity contribution is 5.75. The van der Waals surface area contributed by atoms with Gasteiger partial charge >= 0.3 is 0 Å². The molecule has 0 saturated carbocycles. The van der Waals surface area contributed by atoms with Crippen molar-refractivity contribution in [2.75, 3.05) is 32.2 Å². The molecule has 1 aromatic heterocycles. The molecule has 4 heteroatoms. The molecule has 0 aliphatic rings. The van der Waals surface area contributed by atoms with E-state index in [1.54, 1.807) is 14.2 Å². The van der Waals surface area contributed by atoms with E-state index in [1.807, 2.05) is 12.3 Å². The standard InChI is InChI=1S/C23H34N2O2/c1-7-8-12-25(13-11-17(2)3)22-10-9-19(16-24-22)20-14-18(4)15-21(26-5)23(20)27-6/h9-10,14-17H,7-8,11-13H2,1-6H3.